The molecule has 5 nitrogen and oxygen atoms in total. The van der Waals surface area contributed by atoms with E-state index in [9.17, 15) is 4.79 Å². The second-order valence-corrected chi connectivity index (χ2v) is 5.61. The SMILES string of the molecule is CCN(CC)C(=O)c1cc(Nc2cccc(Cl)c2C)nc(C)n1. The zero-order valence-electron chi connectivity index (χ0n) is 13.9. The highest BCUT2D eigenvalue weighted by molar-refractivity contribution is 6.31. The molecule has 1 aromatic heterocycles. The van der Waals surface area contributed by atoms with Gasteiger partial charge in [-0.25, -0.2) is 9.97 Å². The minimum Gasteiger partial charge on any atom is -0.340 e. The monoisotopic (exact) mass is 332 g/mol. The minimum absolute atomic E-state index is 0.0913. The Bertz CT molecular complexity index is 714. The molecule has 0 saturated heterocycles. The third-order valence-electron chi connectivity index (χ3n) is 3.64. The topological polar surface area (TPSA) is 58.1 Å². The molecule has 1 aromatic carbocycles. The summed E-state index contributed by atoms with van der Waals surface area (Å²) >= 11 is 6.14. The highest BCUT2D eigenvalue weighted by atomic mass is 35.5. The van der Waals surface area contributed by atoms with Crippen LogP contribution in [-0.4, -0.2) is 33.9 Å². The lowest BCUT2D eigenvalue weighted by atomic mass is 10.2. The largest absolute Gasteiger partial charge is 0.340 e. The number of nitrogens with one attached hydrogen (secondary N) is 1. The summed E-state index contributed by atoms with van der Waals surface area (Å²) in [6.07, 6.45) is 0. The smallest absolute Gasteiger partial charge is 0.272 e. The molecule has 0 aliphatic carbocycles. The van der Waals surface area contributed by atoms with Gasteiger partial charge >= 0.3 is 0 Å². The van der Waals surface area contributed by atoms with Crippen molar-refractivity contribution in [3.8, 4) is 0 Å². The fourth-order valence-corrected chi connectivity index (χ4v) is 2.47. The van der Waals surface area contributed by atoms with Crippen LogP contribution in [0.3, 0.4) is 0 Å². The summed E-state index contributed by atoms with van der Waals surface area (Å²) in [4.78, 5) is 22.8. The van der Waals surface area contributed by atoms with Gasteiger partial charge < -0.3 is 10.2 Å². The number of hydrogen-bond acceptors (Lipinski definition) is 4. The Morgan fingerprint density at radius 2 is 1.91 bits per heavy atom. The molecule has 0 bridgehead atoms. The molecule has 1 heterocycles. The van der Waals surface area contributed by atoms with E-state index in [0.717, 1.165) is 11.3 Å². The van der Waals surface area contributed by atoms with E-state index in [1.165, 1.54) is 0 Å². The van der Waals surface area contributed by atoms with Gasteiger partial charge in [-0.1, -0.05) is 17.7 Å². The average molecular weight is 333 g/mol. The fraction of sp³-hybridized carbons (Fsp3) is 0.353. The van der Waals surface area contributed by atoms with Gasteiger partial charge in [0, 0.05) is 29.9 Å². The molecule has 1 amide bonds. The van der Waals surface area contributed by atoms with Crippen LogP contribution in [0.25, 0.3) is 0 Å². The van der Waals surface area contributed by atoms with Gasteiger partial charge in [-0.15, -0.1) is 0 Å². The molecular weight excluding hydrogens is 312 g/mol. The summed E-state index contributed by atoms with van der Waals surface area (Å²) in [5, 5.41) is 3.90. The van der Waals surface area contributed by atoms with Crippen molar-refractivity contribution in [2.75, 3.05) is 18.4 Å². The number of aryl methyl sites for hydroxylation is 1. The Kier molecular flexibility index (Phi) is 5.55. The molecule has 6 heteroatoms. The predicted molar refractivity (Wildman–Crippen MR) is 93.5 cm³/mol. The maximum atomic E-state index is 12.5. The molecule has 23 heavy (non-hydrogen) atoms. The van der Waals surface area contributed by atoms with E-state index in [-0.39, 0.29) is 5.91 Å². The van der Waals surface area contributed by atoms with Gasteiger partial charge in [0.25, 0.3) is 5.91 Å². The summed E-state index contributed by atoms with van der Waals surface area (Å²) < 4.78 is 0. The first-order chi connectivity index (χ1) is 11.0. The summed E-state index contributed by atoms with van der Waals surface area (Å²) in [6.45, 7) is 8.90. The number of aromatic nitrogens is 2. The van der Waals surface area contributed by atoms with Gasteiger partial charge in [0.2, 0.25) is 0 Å². The molecule has 1 N–H and O–H groups in total. The van der Waals surface area contributed by atoms with Crippen molar-refractivity contribution >= 4 is 29.0 Å². The number of nitrogens with zero attached hydrogens (tertiary/aromatic N) is 3. The quantitative estimate of drug-likeness (QED) is 0.900. The first-order valence-electron chi connectivity index (χ1n) is 7.63. The number of amides is 1. The Hall–Kier alpha value is -2.14. The zero-order chi connectivity index (χ0) is 17.0. The van der Waals surface area contributed by atoms with Crippen molar-refractivity contribution in [2.24, 2.45) is 0 Å². The molecule has 0 aliphatic rings. The number of carbonyl (C=O) groups excluding carboxylic acids is 1. The van der Waals surface area contributed by atoms with Crippen molar-refractivity contribution < 1.29 is 4.79 Å². The molecular formula is C17H21ClN4O. The van der Waals surface area contributed by atoms with E-state index in [1.54, 1.807) is 17.9 Å². The van der Waals surface area contributed by atoms with Crippen LogP contribution in [0.15, 0.2) is 24.3 Å². The third kappa shape index (κ3) is 3.99. The Morgan fingerprint density at radius 1 is 1.22 bits per heavy atom. The van der Waals surface area contributed by atoms with E-state index in [2.05, 4.69) is 15.3 Å². The average Bonchev–Trinajstić information content (AvgIpc) is 2.52. The normalized spacial score (nSPS) is 10.5. The molecule has 0 atom stereocenters. The second kappa shape index (κ2) is 7.42. The predicted octanol–water partition coefficient (Wildman–Crippen LogP) is 3.97. The van der Waals surface area contributed by atoms with Crippen molar-refractivity contribution in [1.29, 1.82) is 0 Å². The number of rotatable bonds is 5. The first kappa shape index (κ1) is 17.2. The van der Waals surface area contributed by atoms with E-state index >= 15 is 0 Å². The molecule has 2 aromatic rings. The highest BCUT2D eigenvalue weighted by Crippen LogP contribution is 2.25. The molecule has 0 unspecified atom stereocenters. The van der Waals surface area contributed by atoms with E-state index in [4.69, 9.17) is 11.6 Å². The van der Waals surface area contributed by atoms with Crippen LogP contribution in [0.2, 0.25) is 5.02 Å². The Labute approximate surface area is 141 Å². The number of benzene rings is 1. The van der Waals surface area contributed by atoms with Gasteiger partial charge in [0.1, 0.15) is 17.3 Å². The molecule has 0 radical (unpaired) electrons. The maximum Gasteiger partial charge on any atom is 0.272 e. The van der Waals surface area contributed by atoms with Gasteiger partial charge in [0.05, 0.1) is 0 Å². The summed E-state index contributed by atoms with van der Waals surface area (Å²) in [5.74, 6) is 1.04. The molecule has 0 aliphatic heterocycles. The summed E-state index contributed by atoms with van der Waals surface area (Å²) in [5.41, 5.74) is 2.18. The molecule has 122 valence electrons. The van der Waals surface area contributed by atoms with Gasteiger partial charge in [-0.05, 0) is 45.4 Å². The molecule has 0 fully saturated rings. The lowest BCUT2D eigenvalue weighted by Crippen LogP contribution is -2.31. The van der Waals surface area contributed by atoms with Crippen molar-refractivity contribution in [2.45, 2.75) is 27.7 Å². The third-order valence-corrected chi connectivity index (χ3v) is 4.05. The number of carbonyl (C=O) groups is 1. The molecule has 0 saturated carbocycles. The second-order valence-electron chi connectivity index (χ2n) is 5.20. The Balaban J connectivity index is 2.34. The zero-order valence-corrected chi connectivity index (χ0v) is 14.6. The standard InChI is InChI=1S/C17H21ClN4O/c1-5-22(6-2)17(23)15-10-16(20-12(4)19-15)21-14-9-7-8-13(18)11(14)3/h7-10H,5-6H2,1-4H3,(H,19,20,21). The lowest BCUT2D eigenvalue weighted by molar-refractivity contribution is 0.0766. The Morgan fingerprint density at radius 3 is 2.57 bits per heavy atom. The van der Waals surface area contributed by atoms with E-state index < -0.39 is 0 Å². The molecule has 2 rings (SSSR count). The van der Waals surface area contributed by atoms with E-state index in [1.807, 2.05) is 39.0 Å². The van der Waals surface area contributed by atoms with Crippen LogP contribution in [0.1, 0.15) is 35.7 Å². The van der Waals surface area contributed by atoms with Gasteiger partial charge in [-0.2, -0.15) is 0 Å². The summed E-state index contributed by atoms with van der Waals surface area (Å²) in [6, 6.07) is 7.30. The minimum atomic E-state index is -0.0913. The van der Waals surface area contributed by atoms with Gasteiger partial charge in [0.15, 0.2) is 0 Å². The first-order valence-corrected chi connectivity index (χ1v) is 8.01. The van der Waals surface area contributed by atoms with Crippen LogP contribution in [0, 0.1) is 13.8 Å². The van der Waals surface area contributed by atoms with Crippen molar-refractivity contribution in [3.63, 3.8) is 0 Å². The highest BCUT2D eigenvalue weighted by Gasteiger charge is 2.16. The van der Waals surface area contributed by atoms with Crippen LogP contribution in [0.4, 0.5) is 11.5 Å². The van der Waals surface area contributed by atoms with Crippen LogP contribution in [0.5, 0.6) is 0 Å². The maximum absolute atomic E-state index is 12.5. The van der Waals surface area contributed by atoms with Crippen LogP contribution < -0.4 is 5.32 Å². The van der Waals surface area contributed by atoms with Crippen LogP contribution >= 0.6 is 11.6 Å². The number of anilines is 2. The number of halogens is 1. The lowest BCUT2D eigenvalue weighted by Gasteiger charge is -2.18. The van der Waals surface area contributed by atoms with E-state index in [0.29, 0.717) is 35.4 Å². The van der Waals surface area contributed by atoms with Gasteiger partial charge in [-0.3, -0.25) is 4.79 Å². The molecule has 0 spiro atoms. The summed E-state index contributed by atoms with van der Waals surface area (Å²) in [7, 11) is 0. The fourth-order valence-electron chi connectivity index (χ4n) is 2.29. The van der Waals surface area contributed by atoms with Crippen LogP contribution in [-0.2, 0) is 0 Å². The number of hydrogen-bond donors (Lipinski definition) is 1. The van der Waals surface area contributed by atoms with Crippen molar-refractivity contribution in [3.05, 3.63) is 46.4 Å². The van der Waals surface area contributed by atoms with Crippen molar-refractivity contribution in [1.82, 2.24) is 14.9 Å².